The summed E-state index contributed by atoms with van der Waals surface area (Å²) in [6.45, 7) is 6.09. The van der Waals surface area contributed by atoms with Gasteiger partial charge in [-0.1, -0.05) is 38.5 Å². The maximum atomic E-state index is 14.1. The highest BCUT2D eigenvalue weighted by Crippen LogP contribution is 2.41. The van der Waals surface area contributed by atoms with Crippen molar-refractivity contribution in [3.8, 4) is 5.75 Å². The van der Waals surface area contributed by atoms with Crippen LogP contribution in [0.4, 0.5) is 5.69 Å². The predicted molar refractivity (Wildman–Crippen MR) is 149 cm³/mol. The summed E-state index contributed by atoms with van der Waals surface area (Å²) in [5, 5.41) is 8.34. The van der Waals surface area contributed by atoms with Gasteiger partial charge in [-0.3, -0.25) is 9.89 Å². The molecule has 3 heterocycles. The number of H-pyrrole nitrogens is 1. The molecule has 3 aromatic rings. The van der Waals surface area contributed by atoms with Crippen molar-refractivity contribution < 1.29 is 22.7 Å². The number of nitrogens with zero attached hydrogens (tertiary/aromatic N) is 4. The largest absolute Gasteiger partial charge is 0.492 e. The Morgan fingerprint density at radius 1 is 1.13 bits per heavy atom. The fourth-order valence-electron chi connectivity index (χ4n) is 5.17. The molecule has 2 fully saturated rings. The molecule has 2 aromatic heterocycles. The molecule has 1 saturated carbocycles. The van der Waals surface area contributed by atoms with Crippen LogP contribution in [0.5, 0.6) is 5.75 Å². The molecular formula is C28H37N5O5S. The molecule has 39 heavy (non-hydrogen) atoms. The lowest BCUT2D eigenvalue weighted by atomic mass is 9.82. The molecule has 0 spiro atoms. The Morgan fingerprint density at radius 3 is 2.51 bits per heavy atom. The van der Waals surface area contributed by atoms with Crippen molar-refractivity contribution in [1.82, 2.24) is 19.5 Å². The van der Waals surface area contributed by atoms with Crippen LogP contribution >= 0.6 is 0 Å². The van der Waals surface area contributed by atoms with Crippen molar-refractivity contribution in [2.45, 2.75) is 58.3 Å². The molecule has 0 unspecified atom stereocenters. The van der Waals surface area contributed by atoms with Crippen LogP contribution in [-0.2, 0) is 14.9 Å². The van der Waals surface area contributed by atoms with Gasteiger partial charge in [-0.15, -0.1) is 0 Å². The van der Waals surface area contributed by atoms with Crippen LogP contribution in [-0.4, -0.2) is 66.7 Å². The SMILES string of the molecule is CCCN(CC)S(=O)(=O)N(C(=O)c1cc(OCC2CCOCC2)c2c(C3CCC3)[nH]nc2n1)c1ccccc1. The first-order valence-corrected chi connectivity index (χ1v) is 15.3. The average molecular weight is 556 g/mol. The van der Waals surface area contributed by atoms with Gasteiger partial charge in [0, 0.05) is 38.3 Å². The number of hydrogen-bond donors (Lipinski definition) is 1. The van der Waals surface area contributed by atoms with Crippen molar-refractivity contribution >= 4 is 32.8 Å². The molecule has 0 atom stereocenters. The third-order valence-electron chi connectivity index (χ3n) is 7.62. The van der Waals surface area contributed by atoms with E-state index in [9.17, 15) is 13.2 Å². The lowest BCUT2D eigenvalue weighted by molar-refractivity contribution is 0.0499. The summed E-state index contributed by atoms with van der Waals surface area (Å²) in [6, 6.07) is 10.0. The Labute approximate surface area is 229 Å². The second-order valence-corrected chi connectivity index (χ2v) is 12.0. The molecule has 1 aromatic carbocycles. The van der Waals surface area contributed by atoms with Gasteiger partial charge in [0.15, 0.2) is 5.65 Å². The summed E-state index contributed by atoms with van der Waals surface area (Å²) in [5.41, 5.74) is 1.55. The van der Waals surface area contributed by atoms with E-state index in [1.807, 2.05) is 6.92 Å². The molecule has 210 valence electrons. The summed E-state index contributed by atoms with van der Waals surface area (Å²) in [5.74, 6) is 0.448. The molecule has 1 N–H and O–H groups in total. The number of rotatable bonds is 11. The van der Waals surface area contributed by atoms with Gasteiger partial charge in [0.25, 0.3) is 5.91 Å². The molecule has 10 nitrogen and oxygen atoms in total. The summed E-state index contributed by atoms with van der Waals surface area (Å²) in [6.07, 6.45) is 5.71. The zero-order chi connectivity index (χ0) is 27.4. The zero-order valence-electron chi connectivity index (χ0n) is 22.6. The number of carbonyl (C=O) groups excluding carboxylic acids is 1. The van der Waals surface area contributed by atoms with Crippen LogP contribution in [0.15, 0.2) is 36.4 Å². The first kappa shape index (κ1) is 27.5. The van der Waals surface area contributed by atoms with Crippen LogP contribution in [0.2, 0.25) is 0 Å². The number of aromatic amines is 1. The number of aromatic nitrogens is 3. The van der Waals surface area contributed by atoms with Gasteiger partial charge in [0.2, 0.25) is 0 Å². The smallest absolute Gasteiger partial charge is 0.311 e. The third kappa shape index (κ3) is 5.66. The molecule has 2 aliphatic rings. The van der Waals surface area contributed by atoms with Crippen molar-refractivity contribution in [1.29, 1.82) is 0 Å². The number of carbonyl (C=O) groups is 1. The van der Waals surface area contributed by atoms with Crippen molar-refractivity contribution in [2.24, 2.45) is 5.92 Å². The van der Waals surface area contributed by atoms with Gasteiger partial charge >= 0.3 is 10.2 Å². The topological polar surface area (TPSA) is 118 Å². The van der Waals surface area contributed by atoms with Gasteiger partial charge in [-0.05, 0) is 50.2 Å². The van der Waals surface area contributed by atoms with Crippen LogP contribution in [0.3, 0.4) is 0 Å². The molecular weight excluding hydrogens is 518 g/mol. The second-order valence-electron chi connectivity index (χ2n) is 10.2. The molecule has 1 amide bonds. The van der Waals surface area contributed by atoms with Gasteiger partial charge < -0.3 is 9.47 Å². The maximum absolute atomic E-state index is 14.1. The van der Waals surface area contributed by atoms with E-state index < -0.39 is 16.1 Å². The summed E-state index contributed by atoms with van der Waals surface area (Å²) < 4.78 is 41.7. The number of ether oxygens (including phenoxy) is 2. The molecule has 0 bridgehead atoms. The molecule has 1 aliphatic heterocycles. The minimum absolute atomic E-state index is 0.0314. The normalized spacial score (nSPS) is 16.9. The third-order valence-corrected chi connectivity index (χ3v) is 9.55. The number of fused-ring (bicyclic) bond motifs is 1. The van der Waals surface area contributed by atoms with E-state index in [1.165, 1.54) is 4.31 Å². The van der Waals surface area contributed by atoms with Gasteiger partial charge in [-0.25, -0.2) is 4.98 Å². The highest BCUT2D eigenvalue weighted by atomic mass is 32.2. The molecule has 11 heteroatoms. The predicted octanol–water partition coefficient (Wildman–Crippen LogP) is 4.65. The molecule has 1 aliphatic carbocycles. The zero-order valence-corrected chi connectivity index (χ0v) is 23.5. The summed E-state index contributed by atoms with van der Waals surface area (Å²) >= 11 is 0. The number of nitrogens with one attached hydrogen (secondary N) is 1. The molecule has 1 saturated heterocycles. The average Bonchev–Trinajstić information content (AvgIpc) is 3.34. The van der Waals surface area contributed by atoms with E-state index in [0.717, 1.165) is 47.5 Å². The monoisotopic (exact) mass is 555 g/mol. The fraction of sp³-hybridized carbons (Fsp3) is 0.536. The van der Waals surface area contributed by atoms with Gasteiger partial charge in [0.1, 0.15) is 11.4 Å². The lowest BCUT2D eigenvalue weighted by Crippen LogP contribution is -2.47. The number of amides is 1. The van der Waals surface area contributed by atoms with Gasteiger partial charge in [0.05, 0.1) is 23.4 Å². The highest BCUT2D eigenvalue weighted by Gasteiger charge is 2.36. The minimum atomic E-state index is -4.18. The number of benzene rings is 1. The standard InChI is InChI=1S/C28H37N5O5S/c1-3-15-32(4-2)39(35,36)33(22-11-6-5-7-12-22)28(34)23-18-24(38-19-20-13-16-37-17-14-20)25-26(21-9-8-10-21)30-31-27(25)29-23/h5-7,11-12,18,20-21H,3-4,8-10,13-17,19H2,1-2H3,(H,29,30,31). The number of para-hydroxylation sites is 1. The van der Waals surface area contributed by atoms with Crippen LogP contribution in [0.1, 0.15) is 74.5 Å². The van der Waals surface area contributed by atoms with Crippen LogP contribution in [0, 0.1) is 5.92 Å². The van der Waals surface area contributed by atoms with Crippen molar-refractivity contribution in [2.75, 3.05) is 37.2 Å². The maximum Gasteiger partial charge on any atom is 0.311 e. The quantitative estimate of drug-likeness (QED) is 0.366. The molecule has 5 rings (SSSR count). The second kappa shape index (κ2) is 12.0. The summed E-state index contributed by atoms with van der Waals surface area (Å²) in [7, 11) is -4.18. The minimum Gasteiger partial charge on any atom is -0.492 e. The van der Waals surface area contributed by atoms with E-state index in [2.05, 4.69) is 15.2 Å². The van der Waals surface area contributed by atoms with E-state index in [0.29, 0.717) is 56.0 Å². The van der Waals surface area contributed by atoms with E-state index in [4.69, 9.17) is 9.47 Å². The van der Waals surface area contributed by atoms with E-state index in [-0.39, 0.29) is 17.9 Å². The Hall–Kier alpha value is -3.02. The Bertz CT molecular complexity index is 1380. The first-order valence-electron chi connectivity index (χ1n) is 13.9. The highest BCUT2D eigenvalue weighted by molar-refractivity contribution is 7.91. The van der Waals surface area contributed by atoms with Gasteiger partial charge in [-0.2, -0.15) is 22.1 Å². The van der Waals surface area contributed by atoms with Crippen LogP contribution in [0.25, 0.3) is 11.0 Å². The Kier molecular flexibility index (Phi) is 8.49. The first-order chi connectivity index (χ1) is 18.9. The van der Waals surface area contributed by atoms with Crippen molar-refractivity contribution in [3.05, 3.63) is 47.8 Å². The molecule has 0 radical (unpaired) electrons. The van der Waals surface area contributed by atoms with E-state index >= 15 is 0 Å². The number of anilines is 1. The fourth-order valence-corrected chi connectivity index (χ4v) is 6.83. The lowest BCUT2D eigenvalue weighted by Gasteiger charge is -2.29. The van der Waals surface area contributed by atoms with Crippen molar-refractivity contribution in [3.63, 3.8) is 0 Å². The Balaban J connectivity index is 1.57. The number of hydrogen-bond acceptors (Lipinski definition) is 7. The Morgan fingerprint density at radius 2 is 1.87 bits per heavy atom. The summed E-state index contributed by atoms with van der Waals surface area (Å²) in [4.78, 5) is 18.6. The number of pyridine rings is 1. The van der Waals surface area contributed by atoms with Crippen LogP contribution < -0.4 is 9.04 Å². The van der Waals surface area contributed by atoms with E-state index in [1.54, 1.807) is 43.3 Å².